The molecule has 3 heterocycles. The summed E-state index contributed by atoms with van der Waals surface area (Å²) in [6.07, 6.45) is 1.14. The third-order valence-corrected chi connectivity index (χ3v) is 7.73. The number of carbonyl (C=O) groups is 3. The molecule has 2 aromatic heterocycles. The van der Waals surface area contributed by atoms with Crippen molar-refractivity contribution in [3.63, 3.8) is 0 Å². The number of nitrogens with one attached hydrogen (secondary N) is 3. The molecule has 198 valence electrons. The lowest BCUT2D eigenvalue weighted by Gasteiger charge is -2.41. The maximum absolute atomic E-state index is 13.0. The Morgan fingerprint density at radius 1 is 1.08 bits per heavy atom. The molecule has 0 spiro atoms. The van der Waals surface area contributed by atoms with Crippen LogP contribution in [-0.2, 0) is 9.53 Å². The SMILES string of the molecule is CC.CNC1(C(N)=O)CCN(c2ccccc2NC(=O)c2csc(Nc3ccsc3C(=O)OC)n2)CC1. The number of hydrogen-bond donors (Lipinski definition) is 4. The van der Waals surface area contributed by atoms with E-state index in [0.29, 0.717) is 47.3 Å². The zero-order chi connectivity index (χ0) is 27.0. The van der Waals surface area contributed by atoms with Gasteiger partial charge in [-0.1, -0.05) is 26.0 Å². The molecular weight excluding hydrogens is 512 g/mol. The zero-order valence-corrected chi connectivity index (χ0v) is 22.9. The number of likely N-dealkylation sites (N-methyl/N-ethyl adjacent to an activating group) is 1. The maximum atomic E-state index is 13.0. The quantitative estimate of drug-likeness (QED) is 0.312. The van der Waals surface area contributed by atoms with Crippen LogP contribution in [0.1, 0.15) is 46.8 Å². The van der Waals surface area contributed by atoms with Crippen molar-refractivity contribution in [2.24, 2.45) is 5.73 Å². The van der Waals surface area contributed by atoms with Gasteiger partial charge in [0.1, 0.15) is 16.1 Å². The lowest BCUT2D eigenvalue weighted by molar-refractivity contribution is -0.125. The molecule has 4 rings (SSSR count). The molecule has 3 aromatic rings. The number of aromatic nitrogens is 1. The summed E-state index contributed by atoms with van der Waals surface area (Å²) in [6, 6.07) is 9.28. The number of primary amides is 1. The van der Waals surface area contributed by atoms with Crippen LogP contribution < -0.4 is 26.6 Å². The van der Waals surface area contributed by atoms with Gasteiger partial charge in [0.25, 0.3) is 5.91 Å². The van der Waals surface area contributed by atoms with Crippen molar-refractivity contribution in [3.8, 4) is 0 Å². The molecule has 2 amide bonds. The average molecular weight is 545 g/mol. The van der Waals surface area contributed by atoms with Crippen molar-refractivity contribution in [1.82, 2.24) is 10.3 Å². The monoisotopic (exact) mass is 544 g/mol. The van der Waals surface area contributed by atoms with Gasteiger partial charge in [0.2, 0.25) is 5.91 Å². The number of para-hydroxylation sites is 2. The van der Waals surface area contributed by atoms with Crippen molar-refractivity contribution in [3.05, 3.63) is 51.7 Å². The molecule has 10 nitrogen and oxygen atoms in total. The lowest BCUT2D eigenvalue weighted by atomic mass is 9.86. The Kier molecular flexibility index (Phi) is 9.61. The molecule has 1 aromatic carbocycles. The molecule has 1 fully saturated rings. The summed E-state index contributed by atoms with van der Waals surface area (Å²) in [6.45, 7) is 5.23. The first-order chi connectivity index (χ1) is 17.9. The zero-order valence-electron chi connectivity index (χ0n) is 21.3. The number of nitrogens with zero attached hydrogens (tertiary/aromatic N) is 2. The van der Waals surface area contributed by atoms with Gasteiger partial charge in [-0.15, -0.1) is 22.7 Å². The number of thiophene rings is 1. The summed E-state index contributed by atoms with van der Waals surface area (Å²) in [7, 11) is 3.08. The molecule has 0 bridgehead atoms. The first-order valence-corrected chi connectivity index (χ1v) is 13.7. The van der Waals surface area contributed by atoms with Gasteiger partial charge < -0.3 is 31.3 Å². The molecule has 1 aliphatic rings. The van der Waals surface area contributed by atoms with Gasteiger partial charge in [-0.2, -0.15) is 0 Å². The molecule has 5 N–H and O–H groups in total. The van der Waals surface area contributed by atoms with Crippen LogP contribution in [0.2, 0.25) is 0 Å². The first-order valence-electron chi connectivity index (χ1n) is 11.9. The number of amides is 2. The van der Waals surface area contributed by atoms with Crippen molar-refractivity contribution in [2.45, 2.75) is 32.2 Å². The number of esters is 1. The van der Waals surface area contributed by atoms with E-state index < -0.39 is 11.5 Å². The van der Waals surface area contributed by atoms with Gasteiger partial charge >= 0.3 is 5.97 Å². The Morgan fingerprint density at radius 3 is 2.43 bits per heavy atom. The van der Waals surface area contributed by atoms with Crippen molar-refractivity contribution in [2.75, 3.05) is 42.8 Å². The normalized spacial score (nSPS) is 14.2. The molecule has 0 atom stereocenters. The minimum absolute atomic E-state index is 0.253. The van der Waals surface area contributed by atoms with Crippen LogP contribution in [0.4, 0.5) is 22.2 Å². The molecule has 0 saturated carbocycles. The Bertz CT molecular complexity index is 1230. The Hall–Kier alpha value is -3.48. The summed E-state index contributed by atoms with van der Waals surface area (Å²) in [4.78, 5) is 43.7. The van der Waals surface area contributed by atoms with Crippen LogP contribution in [0, 0.1) is 0 Å². The number of piperidine rings is 1. The Labute approximate surface area is 224 Å². The van der Waals surface area contributed by atoms with E-state index in [0.717, 1.165) is 5.69 Å². The number of carbonyl (C=O) groups excluding carboxylic acids is 3. The average Bonchev–Trinajstić information content (AvgIpc) is 3.60. The molecule has 0 radical (unpaired) electrons. The number of anilines is 4. The summed E-state index contributed by atoms with van der Waals surface area (Å²) in [5.41, 5.74) is 7.26. The van der Waals surface area contributed by atoms with E-state index in [1.54, 1.807) is 23.9 Å². The van der Waals surface area contributed by atoms with Crippen molar-refractivity contribution in [1.29, 1.82) is 0 Å². The number of benzene rings is 1. The fraction of sp³-hybridized carbons (Fsp3) is 0.360. The highest BCUT2D eigenvalue weighted by Crippen LogP contribution is 2.32. The third kappa shape index (κ3) is 6.27. The van der Waals surface area contributed by atoms with Crippen LogP contribution in [0.25, 0.3) is 0 Å². The predicted molar refractivity (Wildman–Crippen MR) is 149 cm³/mol. The summed E-state index contributed by atoms with van der Waals surface area (Å²) < 4.78 is 4.79. The number of thiazole rings is 1. The van der Waals surface area contributed by atoms with Gasteiger partial charge in [0.05, 0.1) is 24.2 Å². The lowest BCUT2D eigenvalue weighted by Crippen LogP contribution is -2.59. The smallest absolute Gasteiger partial charge is 0.350 e. The van der Waals surface area contributed by atoms with Gasteiger partial charge in [0, 0.05) is 18.5 Å². The Balaban J connectivity index is 0.00000186. The van der Waals surface area contributed by atoms with E-state index in [1.807, 2.05) is 38.1 Å². The summed E-state index contributed by atoms with van der Waals surface area (Å²) in [5, 5.41) is 13.0. The van der Waals surface area contributed by atoms with E-state index in [1.165, 1.54) is 29.8 Å². The molecular formula is C25H32N6O4S2. The standard InChI is InChI=1S/C23H26N6O4S2.C2H6/c1-25-23(21(24)32)8-10-29(11-9-23)17-6-4-3-5-14(17)26-19(30)16-13-35-22(28-16)27-15-7-12-34-18(15)20(31)33-2;1-2/h3-7,12-13,25H,8-11H2,1-2H3,(H2,24,32)(H,26,30)(H,27,28);1-2H3. The van der Waals surface area contributed by atoms with Gasteiger partial charge in [-0.05, 0) is 43.5 Å². The number of rotatable bonds is 8. The largest absolute Gasteiger partial charge is 0.465 e. The van der Waals surface area contributed by atoms with E-state index in [4.69, 9.17) is 10.5 Å². The number of hydrogen-bond acceptors (Lipinski definition) is 10. The maximum Gasteiger partial charge on any atom is 0.350 e. The highest BCUT2D eigenvalue weighted by Gasteiger charge is 2.38. The van der Waals surface area contributed by atoms with Crippen LogP contribution in [-0.4, -0.2) is 55.6 Å². The highest BCUT2D eigenvalue weighted by atomic mass is 32.1. The second-order valence-corrected chi connectivity index (χ2v) is 9.75. The minimum atomic E-state index is -0.713. The molecule has 1 aliphatic heterocycles. The Morgan fingerprint density at radius 2 is 1.78 bits per heavy atom. The molecule has 0 unspecified atom stereocenters. The van der Waals surface area contributed by atoms with Gasteiger partial charge in [0.15, 0.2) is 5.13 Å². The van der Waals surface area contributed by atoms with E-state index in [2.05, 4.69) is 25.8 Å². The highest BCUT2D eigenvalue weighted by molar-refractivity contribution is 7.14. The second kappa shape index (κ2) is 12.7. The number of nitrogens with two attached hydrogens (primary N) is 1. The van der Waals surface area contributed by atoms with E-state index in [-0.39, 0.29) is 17.5 Å². The van der Waals surface area contributed by atoms with Crippen LogP contribution >= 0.6 is 22.7 Å². The fourth-order valence-electron chi connectivity index (χ4n) is 4.00. The summed E-state index contributed by atoms with van der Waals surface area (Å²) in [5.74, 6) is -1.14. The summed E-state index contributed by atoms with van der Waals surface area (Å²) >= 11 is 2.52. The molecule has 1 saturated heterocycles. The number of methoxy groups -OCH3 is 1. The van der Waals surface area contributed by atoms with Crippen molar-refractivity contribution < 1.29 is 19.1 Å². The van der Waals surface area contributed by atoms with Crippen molar-refractivity contribution >= 4 is 62.7 Å². The van der Waals surface area contributed by atoms with E-state index >= 15 is 0 Å². The number of ether oxygens (including phenoxy) is 1. The fourth-order valence-corrected chi connectivity index (χ4v) is 5.47. The molecule has 0 aliphatic carbocycles. The van der Waals surface area contributed by atoms with Gasteiger partial charge in [-0.25, -0.2) is 9.78 Å². The topological polar surface area (TPSA) is 139 Å². The van der Waals surface area contributed by atoms with E-state index in [9.17, 15) is 14.4 Å². The van der Waals surface area contributed by atoms with Crippen LogP contribution in [0.5, 0.6) is 0 Å². The first kappa shape index (κ1) is 28.1. The van der Waals surface area contributed by atoms with Gasteiger partial charge in [-0.3, -0.25) is 9.59 Å². The third-order valence-electron chi connectivity index (χ3n) is 6.07. The molecule has 12 heteroatoms. The predicted octanol–water partition coefficient (Wildman–Crippen LogP) is 4.06. The minimum Gasteiger partial charge on any atom is -0.465 e. The van der Waals surface area contributed by atoms with Crippen LogP contribution in [0.15, 0.2) is 41.1 Å². The second-order valence-electron chi connectivity index (χ2n) is 7.97. The molecule has 37 heavy (non-hydrogen) atoms. The van der Waals surface area contributed by atoms with Crippen LogP contribution in [0.3, 0.4) is 0 Å².